The topological polar surface area (TPSA) is 98.4 Å². The Morgan fingerprint density at radius 2 is 1.81 bits per heavy atom. The van der Waals surface area contributed by atoms with Crippen molar-refractivity contribution in [3.8, 4) is 0 Å². The third-order valence-electron chi connectivity index (χ3n) is 4.76. The van der Waals surface area contributed by atoms with Crippen molar-refractivity contribution in [3.63, 3.8) is 0 Å². The zero-order valence-electron chi connectivity index (χ0n) is 17.2. The van der Waals surface area contributed by atoms with Gasteiger partial charge in [0.05, 0.1) is 40.0 Å². The van der Waals surface area contributed by atoms with Gasteiger partial charge in [0.1, 0.15) is 0 Å². The number of benzene rings is 2. The lowest BCUT2D eigenvalue weighted by molar-refractivity contribution is 0.102. The minimum atomic E-state index is -0.395. The number of urea groups is 1. The van der Waals surface area contributed by atoms with Crippen LogP contribution in [0.5, 0.6) is 0 Å². The van der Waals surface area contributed by atoms with Gasteiger partial charge < -0.3 is 16.0 Å². The van der Waals surface area contributed by atoms with Crippen LogP contribution in [-0.2, 0) is 0 Å². The van der Waals surface area contributed by atoms with Gasteiger partial charge in [0, 0.05) is 18.0 Å². The number of nitrogens with one attached hydrogen (secondary N) is 4. The zero-order valence-corrected chi connectivity index (χ0v) is 18.0. The van der Waals surface area contributed by atoms with E-state index in [1.807, 2.05) is 13.0 Å². The number of pyridine rings is 1. The summed E-state index contributed by atoms with van der Waals surface area (Å²) in [7, 11) is 0. The van der Waals surface area contributed by atoms with Crippen LogP contribution in [-0.4, -0.2) is 23.5 Å². The van der Waals surface area contributed by atoms with Crippen LogP contribution in [0.3, 0.4) is 0 Å². The second-order valence-electron chi connectivity index (χ2n) is 7.06. The maximum atomic E-state index is 12.7. The average molecular weight is 449 g/mol. The van der Waals surface area contributed by atoms with Crippen molar-refractivity contribution in [3.05, 3.63) is 95.0 Å². The lowest BCUT2D eigenvalue weighted by Crippen LogP contribution is -2.31. The van der Waals surface area contributed by atoms with Crippen LogP contribution in [0.4, 0.5) is 21.9 Å². The van der Waals surface area contributed by atoms with E-state index in [-0.39, 0.29) is 5.91 Å². The van der Waals surface area contributed by atoms with Crippen molar-refractivity contribution >= 4 is 40.6 Å². The summed E-state index contributed by atoms with van der Waals surface area (Å²) in [4.78, 5) is 29.1. The number of rotatable bonds is 5. The van der Waals surface area contributed by atoms with Gasteiger partial charge in [-0.1, -0.05) is 29.8 Å². The number of amides is 3. The molecule has 2 aromatic carbocycles. The molecule has 1 aliphatic heterocycles. The molecule has 9 heteroatoms. The number of hydrazine groups is 1. The highest BCUT2D eigenvalue weighted by atomic mass is 35.5. The fraction of sp³-hybridized carbons (Fsp3) is 0.0870. The van der Waals surface area contributed by atoms with E-state index in [9.17, 15) is 9.59 Å². The minimum absolute atomic E-state index is 0.233. The van der Waals surface area contributed by atoms with E-state index in [1.54, 1.807) is 72.0 Å². The van der Waals surface area contributed by atoms with E-state index in [4.69, 9.17) is 11.6 Å². The van der Waals surface area contributed by atoms with Gasteiger partial charge in [-0.25, -0.2) is 10.2 Å². The highest BCUT2D eigenvalue weighted by Gasteiger charge is 2.17. The summed E-state index contributed by atoms with van der Waals surface area (Å²) in [5, 5.41) is 10.6. The molecular weight excluding hydrogens is 428 g/mol. The molecule has 3 amide bonds. The van der Waals surface area contributed by atoms with E-state index in [2.05, 4.69) is 26.4 Å². The number of hydrogen-bond donors (Lipinski definition) is 4. The van der Waals surface area contributed by atoms with Crippen LogP contribution >= 0.6 is 11.6 Å². The molecule has 1 aromatic heterocycles. The monoisotopic (exact) mass is 448 g/mol. The van der Waals surface area contributed by atoms with Crippen molar-refractivity contribution in [1.29, 1.82) is 0 Å². The van der Waals surface area contributed by atoms with Gasteiger partial charge in [-0.3, -0.25) is 14.8 Å². The average Bonchev–Trinajstić information content (AvgIpc) is 3.25. The zero-order chi connectivity index (χ0) is 22.5. The molecule has 0 atom stereocenters. The smallest absolute Gasteiger partial charge is 0.320 e. The number of halogens is 1. The molecule has 4 rings (SSSR count). The van der Waals surface area contributed by atoms with Gasteiger partial charge in [0.15, 0.2) is 0 Å². The molecule has 8 nitrogen and oxygen atoms in total. The lowest BCUT2D eigenvalue weighted by Gasteiger charge is -2.16. The van der Waals surface area contributed by atoms with Gasteiger partial charge in [0.25, 0.3) is 5.91 Å². The Kier molecular flexibility index (Phi) is 6.34. The van der Waals surface area contributed by atoms with Gasteiger partial charge in [-0.2, -0.15) is 0 Å². The standard InChI is InChI=1S/C23H21ClN6O2/c1-15-20(10-5-11-25-15)28-22(31)16-6-4-7-18(12-16)30-14-17(13-26-30)27-23(32)29-21-9-3-2-8-19(21)24/h2-12,14,26H,13H2,1H3,(H,28,31)(H2,27,29,32). The highest BCUT2D eigenvalue weighted by molar-refractivity contribution is 6.33. The number of anilines is 3. The third-order valence-corrected chi connectivity index (χ3v) is 5.09. The normalized spacial score (nSPS) is 12.8. The first-order valence-electron chi connectivity index (χ1n) is 9.88. The van der Waals surface area contributed by atoms with Crippen LogP contribution < -0.4 is 26.4 Å². The van der Waals surface area contributed by atoms with E-state index in [0.29, 0.717) is 34.2 Å². The summed E-state index contributed by atoms with van der Waals surface area (Å²) in [6.45, 7) is 2.25. The minimum Gasteiger partial charge on any atom is -0.320 e. The van der Waals surface area contributed by atoms with Gasteiger partial charge in [-0.05, 0) is 49.4 Å². The highest BCUT2D eigenvalue weighted by Crippen LogP contribution is 2.21. The molecule has 0 saturated carbocycles. The fourth-order valence-electron chi connectivity index (χ4n) is 3.13. The molecule has 0 unspecified atom stereocenters. The lowest BCUT2D eigenvalue weighted by atomic mass is 10.1. The number of carbonyl (C=O) groups is 2. The first-order chi connectivity index (χ1) is 15.5. The van der Waals surface area contributed by atoms with Crippen LogP contribution in [0.15, 0.2) is 78.8 Å². The van der Waals surface area contributed by atoms with E-state index >= 15 is 0 Å². The second kappa shape index (κ2) is 9.51. The molecular formula is C23H21ClN6O2. The van der Waals surface area contributed by atoms with Crippen LogP contribution in [0, 0.1) is 6.92 Å². The summed E-state index contributed by atoms with van der Waals surface area (Å²) in [5.74, 6) is -0.233. The predicted molar refractivity (Wildman–Crippen MR) is 126 cm³/mol. The number of para-hydroxylation sites is 1. The Morgan fingerprint density at radius 1 is 1.00 bits per heavy atom. The summed E-state index contributed by atoms with van der Waals surface area (Å²) < 4.78 is 0. The number of carbonyl (C=O) groups excluding carboxylic acids is 2. The molecule has 3 aromatic rings. The van der Waals surface area contributed by atoms with Crippen molar-refractivity contribution in [2.75, 3.05) is 22.2 Å². The first kappa shape index (κ1) is 21.4. The molecule has 162 valence electrons. The molecule has 0 radical (unpaired) electrons. The predicted octanol–water partition coefficient (Wildman–Crippen LogP) is 4.28. The number of hydrogen-bond acceptors (Lipinski definition) is 5. The SMILES string of the molecule is Cc1ncccc1NC(=O)c1cccc(N2C=C(NC(=O)Nc3ccccc3Cl)CN2)c1. The Bertz CT molecular complexity index is 1200. The van der Waals surface area contributed by atoms with Crippen molar-refractivity contribution in [2.24, 2.45) is 0 Å². The summed E-state index contributed by atoms with van der Waals surface area (Å²) in [6, 6.07) is 17.3. The summed E-state index contributed by atoms with van der Waals surface area (Å²) >= 11 is 6.07. The quantitative estimate of drug-likeness (QED) is 0.467. The third kappa shape index (κ3) is 5.05. The Balaban J connectivity index is 1.41. The number of aryl methyl sites for hydroxylation is 1. The number of nitrogens with zero attached hydrogens (tertiary/aromatic N) is 2. The van der Waals surface area contributed by atoms with Crippen molar-refractivity contribution in [2.45, 2.75) is 6.92 Å². The van der Waals surface area contributed by atoms with Crippen molar-refractivity contribution in [1.82, 2.24) is 15.7 Å². The Morgan fingerprint density at radius 3 is 2.62 bits per heavy atom. The largest absolute Gasteiger partial charge is 0.323 e. The molecule has 32 heavy (non-hydrogen) atoms. The molecule has 2 heterocycles. The maximum Gasteiger partial charge on any atom is 0.323 e. The van der Waals surface area contributed by atoms with Crippen LogP contribution in [0.25, 0.3) is 0 Å². The summed E-state index contributed by atoms with van der Waals surface area (Å²) in [5.41, 5.74) is 7.01. The van der Waals surface area contributed by atoms with Gasteiger partial charge in [0.2, 0.25) is 0 Å². The van der Waals surface area contributed by atoms with E-state index in [0.717, 1.165) is 11.4 Å². The van der Waals surface area contributed by atoms with Crippen LogP contribution in [0.1, 0.15) is 16.1 Å². The Labute approximate surface area is 190 Å². The molecule has 0 fully saturated rings. The number of aromatic nitrogens is 1. The van der Waals surface area contributed by atoms with Gasteiger partial charge in [-0.15, -0.1) is 0 Å². The molecule has 1 aliphatic rings. The fourth-order valence-corrected chi connectivity index (χ4v) is 3.31. The van der Waals surface area contributed by atoms with Gasteiger partial charge >= 0.3 is 6.03 Å². The van der Waals surface area contributed by atoms with Crippen LogP contribution in [0.2, 0.25) is 5.02 Å². The van der Waals surface area contributed by atoms with Crippen molar-refractivity contribution < 1.29 is 9.59 Å². The maximum absolute atomic E-state index is 12.7. The first-order valence-corrected chi connectivity index (χ1v) is 10.3. The second-order valence-corrected chi connectivity index (χ2v) is 7.47. The summed E-state index contributed by atoms with van der Waals surface area (Å²) in [6.07, 6.45) is 3.44. The molecule has 0 saturated heterocycles. The molecule has 0 aliphatic carbocycles. The van der Waals surface area contributed by atoms with E-state index < -0.39 is 6.03 Å². The molecule has 0 bridgehead atoms. The Hall–Kier alpha value is -3.88. The molecule has 0 spiro atoms. The molecule has 4 N–H and O–H groups in total. The van der Waals surface area contributed by atoms with E-state index in [1.165, 1.54) is 0 Å².